The van der Waals surface area contributed by atoms with Gasteiger partial charge in [-0.15, -0.1) is 0 Å². The maximum Gasteiger partial charge on any atom is 0.329 e. The van der Waals surface area contributed by atoms with Crippen molar-refractivity contribution in [2.45, 2.75) is 32.2 Å². The van der Waals surface area contributed by atoms with Gasteiger partial charge in [-0.2, -0.15) is 0 Å². The van der Waals surface area contributed by atoms with E-state index >= 15 is 0 Å². The van der Waals surface area contributed by atoms with E-state index in [-0.39, 0.29) is 18.4 Å². The Kier molecular flexibility index (Phi) is 3.46. The van der Waals surface area contributed by atoms with Crippen molar-refractivity contribution in [1.29, 1.82) is 0 Å². The number of nitrogens with zero attached hydrogens (tertiary/aromatic N) is 2. The lowest BCUT2D eigenvalue weighted by Crippen LogP contribution is -2.52. The topological polar surface area (TPSA) is 92.9 Å². The van der Waals surface area contributed by atoms with Crippen LogP contribution in [-0.4, -0.2) is 45.7 Å². The van der Waals surface area contributed by atoms with E-state index in [1.165, 1.54) is 4.90 Å². The number of rotatable bonds is 4. The number of carbonyl (C=O) groups is 2. The molecule has 2 heterocycles. The van der Waals surface area contributed by atoms with E-state index in [0.717, 1.165) is 0 Å². The normalized spacial score (nSPS) is 22.5. The first-order valence-electron chi connectivity index (χ1n) is 6.03. The predicted molar refractivity (Wildman–Crippen MR) is 63.7 cm³/mol. The predicted octanol–water partition coefficient (Wildman–Crippen LogP) is 0.828. The molecule has 0 saturated carbocycles. The molecule has 1 amide bonds. The van der Waals surface area contributed by atoms with E-state index in [4.69, 9.17) is 9.26 Å². The minimum atomic E-state index is -1.14. The fraction of sp³-hybridized carbons (Fsp3) is 0.583. The zero-order chi connectivity index (χ0) is 14.0. The molecule has 19 heavy (non-hydrogen) atoms. The number of likely N-dealkylation sites (tertiary alicyclic amines) is 1. The van der Waals surface area contributed by atoms with E-state index < -0.39 is 11.5 Å². The monoisotopic (exact) mass is 268 g/mol. The van der Waals surface area contributed by atoms with Crippen LogP contribution in [-0.2, 0) is 9.59 Å². The average Bonchev–Trinajstić information content (AvgIpc) is 2.93. The molecule has 7 heteroatoms. The van der Waals surface area contributed by atoms with Crippen molar-refractivity contribution in [1.82, 2.24) is 10.1 Å². The molecule has 1 aromatic rings. The number of ether oxygens (including phenoxy) is 1. The summed E-state index contributed by atoms with van der Waals surface area (Å²) in [7, 11) is 0. The highest BCUT2D eigenvalue weighted by Crippen LogP contribution is 2.29. The van der Waals surface area contributed by atoms with Crippen LogP contribution in [0, 0.1) is 6.92 Å². The van der Waals surface area contributed by atoms with Crippen molar-refractivity contribution in [3.8, 4) is 5.88 Å². The number of carbonyl (C=O) groups excluding carboxylic acids is 1. The lowest BCUT2D eigenvalue weighted by atomic mass is 9.99. The number of carboxylic acid groups (broad SMARTS) is 1. The third-order valence-electron chi connectivity index (χ3n) is 3.35. The molecule has 1 unspecified atom stereocenters. The first-order chi connectivity index (χ1) is 8.93. The smallest absolute Gasteiger partial charge is 0.329 e. The molecule has 1 fully saturated rings. The van der Waals surface area contributed by atoms with Gasteiger partial charge in [0.05, 0.1) is 0 Å². The molecule has 104 valence electrons. The van der Waals surface area contributed by atoms with Gasteiger partial charge >= 0.3 is 5.97 Å². The number of aliphatic carboxylic acids is 1. The Labute approximate surface area is 110 Å². The summed E-state index contributed by atoms with van der Waals surface area (Å²) in [6.07, 6.45) is 1.13. The summed E-state index contributed by atoms with van der Waals surface area (Å²) in [5, 5.41) is 12.8. The van der Waals surface area contributed by atoms with Gasteiger partial charge in [-0.25, -0.2) is 4.79 Å². The van der Waals surface area contributed by atoms with Gasteiger partial charge in [0.25, 0.3) is 11.8 Å². The fourth-order valence-electron chi connectivity index (χ4n) is 2.21. The third kappa shape index (κ3) is 2.54. The standard InChI is InChI=1S/C12H16N2O5/c1-8-6-9(13-19-8)18-7-10(15)14-5-3-4-12(14,2)11(16)17/h6H,3-5,7H2,1-2H3,(H,16,17). The third-order valence-corrected chi connectivity index (χ3v) is 3.35. The first-order valence-corrected chi connectivity index (χ1v) is 6.03. The molecular weight excluding hydrogens is 252 g/mol. The van der Waals surface area contributed by atoms with Gasteiger partial charge in [0.2, 0.25) is 0 Å². The van der Waals surface area contributed by atoms with E-state index in [9.17, 15) is 14.7 Å². The minimum Gasteiger partial charge on any atom is -0.480 e. The summed E-state index contributed by atoms with van der Waals surface area (Å²) in [6.45, 7) is 3.46. The molecule has 0 spiro atoms. The van der Waals surface area contributed by atoms with Crippen molar-refractivity contribution < 1.29 is 24.0 Å². The molecule has 1 aliphatic rings. The molecular formula is C12H16N2O5. The van der Waals surface area contributed by atoms with Crippen LogP contribution in [0.2, 0.25) is 0 Å². The second kappa shape index (κ2) is 4.91. The molecule has 2 rings (SSSR count). The van der Waals surface area contributed by atoms with Gasteiger partial charge in [-0.05, 0) is 31.8 Å². The maximum absolute atomic E-state index is 12.0. The lowest BCUT2D eigenvalue weighted by molar-refractivity contribution is -0.156. The minimum absolute atomic E-state index is 0.224. The number of carboxylic acids is 1. The van der Waals surface area contributed by atoms with Gasteiger partial charge in [-0.3, -0.25) is 4.79 Å². The molecule has 0 aliphatic carbocycles. The highest BCUT2D eigenvalue weighted by atomic mass is 16.5. The molecule has 7 nitrogen and oxygen atoms in total. The molecule has 1 saturated heterocycles. The largest absolute Gasteiger partial charge is 0.480 e. The molecule has 1 N–H and O–H groups in total. The number of amides is 1. The van der Waals surface area contributed by atoms with Crippen LogP contribution in [0.15, 0.2) is 10.6 Å². The highest BCUT2D eigenvalue weighted by molar-refractivity contribution is 5.88. The van der Waals surface area contributed by atoms with Crippen LogP contribution >= 0.6 is 0 Å². The quantitative estimate of drug-likeness (QED) is 0.869. The second-order valence-electron chi connectivity index (χ2n) is 4.79. The molecule has 1 aromatic heterocycles. The Morgan fingerprint density at radius 1 is 1.63 bits per heavy atom. The van der Waals surface area contributed by atoms with Crippen LogP contribution in [0.5, 0.6) is 5.88 Å². The molecule has 0 aromatic carbocycles. The van der Waals surface area contributed by atoms with Gasteiger partial charge in [0, 0.05) is 12.6 Å². The van der Waals surface area contributed by atoms with Gasteiger partial charge in [0.15, 0.2) is 6.61 Å². The van der Waals surface area contributed by atoms with Gasteiger partial charge in [0.1, 0.15) is 11.3 Å². The molecule has 1 atom stereocenters. The fourth-order valence-corrected chi connectivity index (χ4v) is 2.21. The summed E-state index contributed by atoms with van der Waals surface area (Å²) in [5.74, 6) is -0.542. The number of aryl methyl sites for hydroxylation is 1. The Bertz CT molecular complexity index is 498. The van der Waals surface area contributed by atoms with Crippen LogP contribution in [0.25, 0.3) is 0 Å². The number of aromatic nitrogens is 1. The van der Waals surface area contributed by atoms with Crippen molar-refractivity contribution in [3.63, 3.8) is 0 Å². The zero-order valence-electron chi connectivity index (χ0n) is 10.9. The number of hydrogen-bond acceptors (Lipinski definition) is 5. The Hall–Kier alpha value is -2.05. The summed E-state index contributed by atoms with van der Waals surface area (Å²) in [5.41, 5.74) is -1.14. The van der Waals surface area contributed by atoms with Crippen molar-refractivity contribution in [2.75, 3.05) is 13.2 Å². The van der Waals surface area contributed by atoms with E-state index in [0.29, 0.717) is 25.1 Å². The Balaban J connectivity index is 1.98. The lowest BCUT2D eigenvalue weighted by Gasteiger charge is -2.30. The van der Waals surface area contributed by atoms with Crippen molar-refractivity contribution >= 4 is 11.9 Å². The van der Waals surface area contributed by atoms with E-state index in [1.54, 1.807) is 19.9 Å². The van der Waals surface area contributed by atoms with Gasteiger partial charge < -0.3 is 19.3 Å². The summed E-state index contributed by atoms with van der Waals surface area (Å²) in [6, 6.07) is 1.56. The van der Waals surface area contributed by atoms with E-state index in [1.807, 2.05) is 0 Å². The Morgan fingerprint density at radius 2 is 2.37 bits per heavy atom. The Morgan fingerprint density at radius 3 is 2.95 bits per heavy atom. The summed E-state index contributed by atoms with van der Waals surface area (Å²) >= 11 is 0. The summed E-state index contributed by atoms with van der Waals surface area (Å²) < 4.78 is 9.99. The number of hydrogen-bond donors (Lipinski definition) is 1. The summed E-state index contributed by atoms with van der Waals surface area (Å²) in [4.78, 5) is 24.6. The maximum atomic E-state index is 12.0. The van der Waals surface area contributed by atoms with Gasteiger partial charge in [-0.1, -0.05) is 0 Å². The SMILES string of the molecule is Cc1cc(OCC(=O)N2CCCC2(C)C(=O)O)no1. The average molecular weight is 268 g/mol. The zero-order valence-corrected chi connectivity index (χ0v) is 10.9. The van der Waals surface area contributed by atoms with Crippen LogP contribution in [0.3, 0.4) is 0 Å². The van der Waals surface area contributed by atoms with Crippen LogP contribution in [0.1, 0.15) is 25.5 Å². The van der Waals surface area contributed by atoms with Crippen molar-refractivity contribution in [3.05, 3.63) is 11.8 Å². The van der Waals surface area contributed by atoms with Crippen molar-refractivity contribution in [2.24, 2.45) is 0 Å². The first kappa shape index (κ1) is 13.4. The van der Waals surface area contributed by atoms with Crippen LogP contribution in [0.4, 0.5) is 0 Å². The highest BCUT2D eigenvalue weighted by Gasteiger charge is 2.45. The molecule has 1 aliphatic heterocycles. The van der Waals surface area contributed by atoms with Crippen LogP contribution < -0.4 is 4.74 Å². The second-order valence-corrected chi connectivity index (χ2v) is 4.79. The molecule has 0 bridgehead atoms. The molecule has 0 radical (unpaired) electrons. The van der Waals surface area contributed by atoms with E-state index in [2.05, 4.69) is 5.16 Å².